The van der Waals surface area contributed by atoms with Crippen molar-refractivity contribution in [2.24, 2.45) is 0 Å². The number of aromatic nitrogens is 2. The number of nitrogens with zero attached hydrogens (tertiary/aromatic N) is 2. The van der Waals surface area contributed by atoms with Crippen LogP contribution < -0.4 is 0 Å². The molecule has 1 aromatic heterocycles. The normalized spacial score (nSPS) is 21.7. The molecule has 2 atom stereocenters. The molecule has 0 saturated carbocycles. The zero-order valence-corrected chi connectivity index (χ0v) is 11.9. The maximum atomic E-state index is 12.6. The second-order valence-corrected chi connectivity index (χ2v) is 5.45. The van der Waals surface area contributed by atoms with Crippen LogP contribution >= 0.6 is 0 Å². The molecule has 1 fully saturated rings. The van der Waals surface area contributed by atoms with Gasteiger partial charge in [0.05, 0.1) is 17.7 Å². The minimum Gasteiger partial charge on any atom is -0.391 e. The first kappa shape index (κ1) is 15.5. The first-order chi connectivity index (χ1) is 10.9. The van der Waals surface area contributed by atoms with Gasteiger partial charge in [0.2, 0.25) is 0 Å². The average Bonchev–Trinajstić information content (AvgIpc) is 3.15. The molecule has 3 rings (SSSR count). The maximum Gasteiger partial charge on any atom is 0.416 e. The number of aromatic amines is 1. The van der Waals surface area contributed by atoms with E-state index in [0.29, 0.717) is 5.56 Å². The Morgan fingerprint density at radius 1 is 1.26 bits per heavy atom. The average molecular weight is 325 g/mol. The van der Waals surface area contributed by atoms with Crippen molar-refractivity contribution in [2.75, 3.05) is 6.54 Å². The number of benzene rings is 1. The Balaban J connectivity index is 1.86. The Kier molecular flexibility index (Phi) is 3.85. The molecular formula is C15H14F3N3O2. The first-order valence-corrected chi connectivity index (χ1v) is 7.02. The third kappa shape index (κ3) is 3.07. The third-order valence-corrected chi connectivity index (χ3v) is 3.89. The maximum absolute atomic E-state index is 12.6. The van der Waals surface area contributed by atoms with Crippen LogP contribution in [0.5, 0.6) is 0 Å². The minimum atomic E-state index is -4.40. The molecule has 1 saturated heterocycles. The van der Waals surface area contributed by atoms with Gasteiger partial charge in [0.25, 0.3) is 5.91 Å². The van der Waals surface area contributed by atoms with Crippen molar-refractivity contribution in [1.82, 2.24) is 15.1 Å². The molecule has 0 radical (unpaired) electrons. The molecule has 0 bridgehead atoms. The van der Waals surface area contributed by atoms with Gasteiger partial charge in [-0.05, 0) is 30.2 Å². The predicted octanol–water partition coefficient (Wildman–Crippen LogP) is 2.38. The fourth-order valence-corrected chi connectivity index (χ4v) is 2.78. The van der Waals surface area contributed by atoms with Crippen molar-refractivity contribution in [1.29, 1.82) is 0 Å². The minimum absolute atomic E-state index is 0.129. The van der Waals surface area contributed by atoms with Gasteiger partial charge in [-0.2, -0.15) is 18.3 Å². The van der Waals surface area contributed by atoms with Crippen LogP contribution in [0.3, 0.4) is 0 Å². The lowest BCUT2D eigenvalue weighted by Gasteiger charge is -2.24. The highest BCUT2D eigenvalue weighted by molar-refractivity contribution is 5.92. The molecule has 23 heavy (non-hydrogen) atoms. The number of H-pyrrole nitrogens is 1. The number of carbonyl (C=O) groups excluding carboxylic acids is 1. The van der Waals surface area contributed by atoms with Gasteiger partial charge >= 0.3 is 6.18 Å². The van der Waals surface area contributed by atoms with Crippen LogP contribution in [-0.4, -0.2) is 38.8 Å². The quantitative estimate of drug-likeness (QED) is 0.891. The Bertz CT molecular complexity index is 683. The number of aliphatic hydroxyl groups is 1. The number of halogens is 3. The summed E-state index contributed by atoms with van der Waals surface area (Å²) in [5.41, 5.74) is 0.0877. The summed E-state index contributed by atoms with van der Waals surface area (Å²) in [5, 5.41) is 16.1. The summed E-state index contributed by atoms with van der Waals surface area (Å²) in [7, 11) is 0. The van der Waals surface area contributed by atoms with Crippen molar-refractivity contribution in [3.05, 3.63) is 53.3 Å². The Morgan fingerprint density at radius 2 is 1.96 bits per heavy atom. The number of β-amino-alcohol motifs (C(OH)–C–C–N with tert-alkyl or cyclic N) is 1. The van der Waals surface area contributed by atoms with E-state index in [9.17, 15) is 23.1 Å². The smallest absolute Gasteiger partial charge is 0.391 e. The van der Waals surface area contributed by atoms with Gasteiger partial charge in [-0.25, -0.2) is 0 Å². The summed E-state index contributed by atoms with van der Waals surface area (Å²) in [6, 6.07) is 5.70. The van der Waals surface area contributed by atoms with E-state index in [2.05, 4.69) is 10.2 Å². The lowest BCUT2D eigenvalue weighted by atomic mass is 10.0. The molecule has 1 amide bonds. The van der Waals surface area contributed by atoms with Crippen LogP contribution in [0.4, 0.5) is 13.2 Å². The summed E-state index contributed by atoms with van der Waals surface area (Å²) in [4.78, 5) is 13.9. The van der Waals surface area contributed by atoms with Crippen LogP contribution in [0, 0.1) is 0 Å². The molecule has 2 aromatic rings. The molecular weight excluding hydrogens is 311 g/mol. The zero-order chi connectivity index (χ0) is 16.6. The molecule has 1 aromatic carbocycles. The largest absolute Gasteiger partial charge is 0.416 e. The summed E-state index contributed by atoms with van der Waals surface area (Å²) >= 11 is 0. The molecule has 1 aliphatic heterocycles. The number of rotatable bonds is 2. The summed E-state index contributed by atoms with van der Waals surface area (Å²) < 4.78 is 37.9. The van der Waals surface area contributed by atoms with Gasteiger partial charge in [-0.1, -0.05) is 12.1 Å². The van der Waals surface area contributed by atoms with Crippen molar-refractivity contribution in [3.63, 3.8) is 0 Å². The first-order valence-electron chi connectivity index (χ1n) is 7.02. The van der Waals surface area contributed by atoms with Crippen molar-refractivity contribution < 1.29 is 23.1 Å². The highest BCUT2D eigenvalue weighted by Crippen LogP contribution is 2.35. The van der Waals surface area contributed by atoms with Gasteiger partial charge in [0, 0.05) is 12.7 Å². The SMILES string of the molecule is O=C(c1ccn[nH]1)N1CC(O)CC1c1ccc(C(F)(F)F)cc1. The number of likely N-dealkylation sites (tertiary alicyclic amines) is 1. The second kappa shape index (κ2) is 5.69. The number of carbonyl (C=O) groups is 1. The molecule has 2 heterocycles. The number of alkyl halides is 3. The predicted molar refractivity (Wildman–Crippen MR) is 74.4 cm³/mol. The van der Waals surface area contributed by atoms with Crippen LogP contribution in [0.15, 0.2) is 36.5 Å². The number of nitrogens with one attached hydrogen (secondary N) is 1. The Labute approximate surface area is 129 Å². The van der Waals surface area contributed by atoms with E-state index in [-0.39, 0.29) is 24.6 Å². The van der Waals surface area contributed by atoms with E-state index in [0.717, 1.165) is 12.1 Å². The highest BCUT2D eigenvalue weighted by Gasteiger charge is 2.37. The van der Waals surface area contributed by atoms with Crippen molar-refractivity contribution in [2.45, 2.75) is 24.7 Å². The third-order valence-electron chi connectivity index (χ3n) is 3.89. The summed E-state index contributed by atoms with van der Waals surface area (Å²) in [6.45, 7) is 0.129. The van der Waals surface area contributed by atoms with Crippen molar-refractivity contribution in [3.8, 4) is 0 Å². The second-order valence-electron chi connectivity index (χ2n) is 5.45. The van der Waals surface area contributed by atoms with Gasteiger partial charge < -0.3 is 10.0 Å². The Morgan fingerprint density at radius 3 is 2.52 bits per heavy atom. The molecule has 0 spiro atoms. The van der Waals surface area contributed by atoms with Crippen LogP contribution in [0.1, 0.15) is 34.1 Å². The van der Waals surface area contributed by atoms with Gasteiger partial charge in [-0.3, -0.25) is 9.89 Å². The van der Waals surface area contributed by atoms with Gasteiger partial charge in [-0.15, -0.1) is 0 Å². The fourth-order valence-electron chi connectivity index (χ4n) is 2.78. The topological polar surface area (TPSA) is 69.2 Å². The van der Waals surface area contributed by atoms with E-state index in [1.165, 1.54) is 29.3 Å². The Hall–Kier alpha value is -2.35. The molecule has 2 unspecified atom stereocenters. The lowest BCUT2D eigenvalue weighted by molar-refractivity contribution is -0.137. The summed E-state index contributed by atoms with van der Waals surface area (Å²) in [5.74, 6) is -0.344. The van der Waals surface area contributed by atoms with Crippen LogP contribution in [0.25, 0.3) is 0 Å². The molecule has 5 nitrogen and oxygen atoms in total. The molecule has 122 valence electrons. The standard InChI is InChI=1S/C15H14F3N3O2/c16-15(17,18)10-3-1-9(2-4-10)13-7-11(22)8-21(13)14(23)12-5-6-19-20-12/h1-6,11,13,22H,7-8H2,(H,19,20). The van der Waals surface area contributed by atoms with Crippen LogP contribution in [-0.2, 0) is 6.18 Å². The lowest BCUT2D eigenvalue weighted by Crippen LogP contribution is -2.32. The number of amides is 1. The van der Waals surface area contributed by atoms with E-state index in [1.54, 1.807) is 0 Å². The molecule has 2 N–H and O–H groups in total. The number of aliphatic hydroxyl groups excluding tert-OH is 1. The monoisotopic (exact) mass is 325 g/mol. The highest BCUT2D eigenvalue weighted by atomic mass is 19.4. The molecule has 8 heteroatoms. The molecule has 1 aliphatic rings. The van der Waals surface area contributed by atoms with E-state index < -0.39 is 23.9 Å². The van der Waals surface area contributed by atoms with E-state index in [1.807, 2.05) is 0 Å². The van der Waals surface area contributed by atoms with E-state index >= 15 is 0 Å². The van der Waals surface area contributed by atoms with E-state index in [4.69, 9.17) is 0 Å². The molecule has 0 aliphatic carbocycles. The van der Waals surface area contributed by atoms with Gasteiger partial charge in [0.15, 0.2) is 0 Å². The van der Waals surface area contributed by atoms with Crippen molar-refractivity contribution >= 4 is 5.91 Å². The number of hydrogen-bond donors (Lipinski definition) is 2. The fraction of sp³-hybridized carbons (Fsp3) is 0.333. The van der Waals surface area contributed by atoms with Crippen LogP contribution in [0.2, 0.25) is 0 Å². The summed E-state index contributed by atoms with van der Waals surface area (Å²) in [6.07, 6.45) is -3.40. The number of hydrogen-bond acceptors (Lipinski definition) is 3. The van der Waals surface area contributed by atoms with Gasteiger partial charge in [0.1, 0.15) is 5.69 Å². The zero-order valence-electron chi connectivity index (χ0n) is 11.9.